The van der Waals surface area contributed by atoms with Gasteiger partial charge in [-0.3, -0.25) is 14.8 Å². The summed E-state index contributed by atoms with van der Waals surface area (Å²) < 4.78 is 0. The number of aromatic nitrogens is 2. The van der Waals surface area contributed by atoms with Crippen LogP contribution >= 0.6 is 0 Å². The summed E-state index contributed by atoms with van der Waals surface area (Å²) in [5.41, 5.74) is 3.51. The molecule has 2 aromatic rings. The number of hydrogen-bond acceptors (Lipinski definition) is 3. The van der Waals surface area contributed by atoms with Crippen LogP contribution in [0, 0.1) is 5.92 Å². The first-order valence-corrected chi connectivity index (χ1v) is 8.36. The van der Waals surface area contributed by atoms with E-state index in [1.54, 1.807) is 18.6 Å². The van der Waals surface area contributed by atoms with Crippen LogP contribution < -0.4 is 5.32 Å². The van der Waals surface area contributed by atoms with Crippen LogP contribution in [-0.4, -0.2) is 15.9 Å². The van der Waals surface area contributed by atoms with E-state index in [0.717, 1.165) is 18.5 Å². The summed E-state index contributed by atoms with van der Waals surface area (Å²) in [5.74, 6) is 0.545. The summed E-state index contributed by atoms with van der Waals surface area (Å²) in [4.78, 5) is 20.7. The van der Waals surface area contributed by atoms with Crippen molar-refractivity contribution in [1.82, 2.24) is 15.3 Å². The average Bonchev–Trinajstić information content (AvgIpc) is 2.74. The molecule has 4 heteroatoms. The van der Waals surface area contributed by atoms with Crippen LogP contribution in [0.4, 0.5) is 0 Å². The minimum absolute atomic E-state index is 0.0872. The molecule has 0 saturated carbocycles. The molecule has 0 bridgehead atoms. The molecule has 1 N–H and O–H groups in total. The minimum atomic E-state index is 0.0872. The highest BCUT2D eigenvalue weighted by atomic mass is 16.1. The standard InChI is InChI=1S/C19H23N3O/c1-14-5-4-7-15-6-2-3-8-17(15)19(14)22-18(23)10-9-16-13-20-11-12-21-16/h2-3,6,8,11-14,19H,4-5,7,9-10H2,1H3,(H,22,23). The van der Waals surface area contributed by atoms with E-state index in [2.05, 4.69) is 46.5 Å². The molecule has 0 saturated heterocycles. The third-order valence-corrected chi connectivity index (χ3v) is 4.61. The van der Waals surface area contributed by atoms with Crippen molar-refractivity contribution in [2.75, 3.05) is 0 Å². The number of rotatable bonds is 4. The molecule has 0 fully saturated rings. The third kappa shape index (κ3) is 3.95. The van der Waals surface area contributed by atoms with E-state index in [1.165, 1.54) is 17.5 Å². The van der Waals surface area contributed by atoms with Crippen LogP contribution in [0.25, 0.3) is 0 Å². The number of aryl methyl sites for hydroxylation is 2. The van der Waals surface area contributed by atoms with Crippen LogP contribution in [0.2, 0.25) is 0 Å². The topological polar surface area (TPSA) is 54.9 Å². The van der Waals surface area contributed by atoms with Crippen molar-refractivity contribution in [1.29, 1.82) is 0 Å². The molecule has 2 atom stereocenters. The molecule has 2 unspecified atom stereocenters. The lowest BCUT2D eigenvalue weighted by Gasteiger charge is -2.25. The Morgan fingerprint density at radius 3 is 3.00 bits per heavy atom. The summed E-state index contributed by atoms with van der Waals surface area (Å²) in [6.07, 6.45) is 9.54. The normalized spacial score (nSPS) is 20.4. The van der Waals surface area contributed by atoms with E-state index < -0.39 is 0 Å². The van der Waals surface area contributed by atoms with E-state index >= 15 is 0 Å². The van der Waals surface area contributed by atoms with Gasteiger partial charge in [0.15, 0.2) is 0 Å². The molecule has 0 radical (unpaired) electrons. The summed E-state index contributed by atoms with van der Waals surface area (Å²) in [7, 11) is 0. The van der Waals surface area contributed by atoms with E-state index in [-0.39, 0.29) is 11.9 Å². The SMILES string of the molecule is CC1CCCc2ccccc2C1NC(=O)CCc1cnccn1. The van der Waals surface area contributed by atoms with Gasteiger partial charge >= 0.3 is 0 Å². The van der Waals surface area contributed by atoms with Crippen LogP contribution in [0.3, 0.4) is 0 Å². The van der Waals surface area contributed by atoms with E-state index in [0.29, 0.717) is 18.8 Å². The molecule has 1 heterocycles. The molecular weight excluding hydrogens is 286 g/mol. The number of amides is 1. The maximum absolute atomic E-state index is 12.4. The first-order chi connectivity index (χ1) is 11.2. The van der Waals surface area contributed by atoms with Crippen molar-refractivity contribution < 1.29 is 4.79 Å². The van der Waals surface area contributed by atoms with Crippen molar-refractivity contribution in [3.8, 4) is 0 Å². The Labute approximate surface area is 137 Å². The predicted octanol–water partition coefficient (Wildman–Crippen LogP) is 3.24. The van der Waals surface area contributed by atoms with Gasteiger partial charge in [-0.05, 0) is 42.7 Å². The summed E-state index contributed by atoms with van der Waals surface area (Å²) in [6, 6.07) is 8.61. The highest BCUT2D eigenvalue weighted by Crippen LogP contribution is 2.32. The number of nitrogens with one attached hydrogen (secondary N) is 1. The van der Waals surface area contributed by atoms with Gasteiger partial charge in [-0.2, -0.15) is 0 Å². The van der Waals surface area contributed by atoms with Crippen molar-refractivity contribution in [2.24, 2.45) is 5.92 Å². The number of hydrogen-bond donors (Lipinski definition) is 1. The second kappa shape index (κ2) is 7.36. The number of nitrogens with zero attached hydrogens (tertiary/aromatic N) is 2. The van der Waals surface area contributed by atoms with Gasteiger partial charge in [-0.15, -0.1) is 0 Å². The zero-order chi connectivity index (χ0) is 16.1. The van der Waals surface area contributed by atoms with Crippen molar-refractivity contribution in [3.05, 3.63) is 59.7 Å². The number of carbonyl (C=O) groups is 1. The van der Waals surface area contributed by atoms with E-state index in [9.17, 15) is 4.79 Å². The monoisotopic (exact) mass is 309 g/mol. The van der Waals surface area contributed by atoms with Crippen LogP contribution in [0.15, 0.2) is 42.9 Å². The Kier molecular flexibility index (Phi) is 5.01. The van der Waals surface area contributed by atoms with Gasteiger partial charge in [-0.25, -0.2) is 0 Å². The molecule has 0 aliphatic heterocycles. The smallest absolute Gasteiger partial charge is 0.220 e. The number of fused-ring (bicyclic) bond motifs is 1. The van der Waals surface area contributed by atoms with Crippen LogP contribution in [0.5, 0.6) is 0 Å². The lowest BCUT2D eigenvalue weighted by Crippen LogP contribution is -2.32. The molecule has 1 amide bonds. The second-order valence-corrected chi connectivity index (χ2v) is 6.31. The van der Waals surface area contributed by atoms with Gasteiger partial charge in [0.1, 0.15) is 0 Å². The van der Waals surface area contributed by atoms with Gasteiger partial charge in [0, 0.05) is 25.0 Å². The third-order valence-electron chi connectivity index (χ3n) is 4.61. The molecule has 3 rings (SSSR count). The highest BCUT2D eigenvalue weighted by molar-refractivity contribution is 5.76. The van der Waals surface area contributed by atoms with E-state index in [1.807, 2.05) is 0 Å². The lowest BCUT2D eigenvalue weighted by atomic mass is 9.92. The summed E-state index contributed by atoms with van der Waals surface area (Å²) >= 11 is 0. The van der Waals surface area contributed by atoms with Gasteiger partial charge in [-0.1, -0.05) is 31.2 Å². The largest absolute Gasteiger partial charge is 0.349 e. The van der Waals surface area contributed by atoms with Crippen molar-refractivity contribution >= 4 is 5.91 Å². The van der Waals surface area contributed by atoms with Crippen LogP contribution in [-0.2, 0) is 17.6 Å². The molecule has 0 spiro atoms. The second-order valence-electron chi connectivity index (χ2n) is 6.31. The Balaban J connectivity index is 1.67. The number of carbonyl (C=O) groups excluding carboxylic acids is 1. The fourth-order valence-electron chi connectivity index (χ4n) is 3.32. The predicted molar refractivity (Wildman–Crippen MR) is 89.8 cm³/mol. The average molecular weight is 309 g/mol. The maximum Gasteiger partial charge on any atom is 0.220 e. The molecule has 1 aromatic carbocycles. The Morgan fingerprint density at radius 1 is 1.30 bits per heavy atom. The fraction of sp³-hybridized carbons (Fsp3) is 0.421. The van der Waals surface area contributed by atoms with Gasteiger partial charge < -0.3 is 5.32 Å². The molecule has 23 heavy (non-hydrogen) atoms. The van der Waals surface area contributed by atoms with Crippen LogP contribution in [0.1, 0.15) is 49.0 Å². The zero-order valence-corrected chi connectivity index (χ0v) is 13.5. The molecular formula is C19H23N3O. The molecule has 120 valence electrons. The fourth-order valence-corrected chi connectivity index (χ4v) is 3.32. The summed E-state index contributed by atoms with van der Waals surface area (Å²) in [5, 5.41) is 3.25. The molecule has 4 nitrogen and oxygen atoms in total. The van der Waals surface area contributed by atoms with Crippen molar-refractivity contribution in [3.63, 3.8) is 0 Å². The first-order valence-electron chi connectivity index (χ1n) is 8.36. The first kappa shape index (κ1) is 15.7. The quantitative estimate of drug-likeness (QED) is 0.882. The maximum atomic E-state index is 12.4. The zero-order valence-electron chi connectivity index (χ0n) is 13.5. The van der Waals surface area contributed by atoms with Crippen molar-refractivity contribution in [2.45, 2.75) is 45.1 Å². The lowest BCUT2D eigenvalue weighted by molar-refractivity contribution is -0.122. The van der Waals surface area contributed by atoms with E-state index in [4.69, 9.17) is 0 Å². The molecule has 1 aliphatic rings. The number of benzene rings is 1. The molecule has 1 aromatic heterocycles. The van der Waals surface area contributed by atoms with Gasteiger partial charge in [0.2, 0.25) is 5.91 Å². The molecule has 1 aliphatic carbocycles. The Morgan fingerprint density at radius 2 is 2.17 bits per heavy atom. The Hall–Kier alpha value is -2.23. The minimum Gasteiger partial charge on any atom is -0.349 e. The van der Waals surface area contributed by atoms with Gasteiger partial charge in [0.05, 0.1) is 11.7 Å². The Bertz CT molecular complexity index is 657. The highest BCUT2D eigenvalue weighted by Gasteiger charge is 2.25. The van der Waals surface area contributed by atoms with Gasteiger partial charge in [0.25, 0.3) is 0 Å². The summed E-state index contributed by atoms with van der Waals surface area (Å²) in [6.45, 7) is 2.23.